The minimum Gasteiger partial charge on any atom is -0.417 e. The zero-order valence-electron chi connectivity index (χ0n) is 21.1. The van der Waals surface area contributed by atoms with Crippen molar-refractivity contribution in [2.75, 3.05) is 20.2 Å². The Balaban J connectivity index is 1.71. The maximum atomic E-state index is 13.4. The van der Waals surface area contributed by atoms with Gasteiger partial charge in [-0.2, -0.15) is 0 Å². The standard InChI is InChI=1S/C27H40N2O3Si/c1-27(2,3)33(5,6)32-17-15-22-12-9-16-29(26(22)31)24(25(30)28-4)19-20-13-14-21-10-7-8-11-23(21)18-20/h7-8,10-11,13-14,18,22,24H,9,12,15-17,19H2,1-6H3,(H,28,30). The molecule has 2 unspecified atom stereocenters. The number of piperidine rings is 1. The van der Waals surface area contributed by atoms with E-state index in [2.05, 4.69) is 69.5 Å². The highest BCUT2D eigenvalue weighted by Gasteiger charge is 2.39. The molecule has 1 aliphatic rings. The quantitative estimate of drug-likeness (QED) is 0.545. The molecule has 1 fully saturated rings. The topological polar surface area (TPSA) is 58.6 Å². The fourth-order valence-electron chi connectivity index (χ4n) is 4.33. The Bertz CT molecular complexity index is 983. The first-order valence-corrected chi connectivity index (χ1v) is 15.1. The van der Waals surface area contributed by atoms with Crippen molar-refractivity contribution in [1.29, 1.82) is 0 Å². The highest BCUT2D eigenvalue weighted by Crippen LogP contribution is 2.37. The Morgan fingerprint density at radius 2 is 1.88 bits per heavy atom. The number of carbonyl (C=O) groups excluding carboxylic acids is 2. The van der Waals surface area contributed by atoms with Crippen LogP contribution in [0.5, 0.6) is 0 Å². The number of likely N-dealkylation sites (tertiary alicyclic amines) is 1. The van der Waals surface area contributed by atoms with Gasteiger partial charge in [0.2, 0.25) is 11.8 Å². The number of nitrogens with one attached hydrogen (secondary N) is 1. The van der Waals surface area contributed by atoms with Gasteiger partial charge in [0.25, 0.3) is 0 Å². The average molecular weight is 469 g/mol. The lowest BCUT2D eigenvalue weighted by Crippen LogP contribution is -2.54. The maximum absolute atomic E-state index is 13.4. The zero-order valence-corrected chi connectivity index (χ0v) is 22.1. The van der Waals surface area contributed by atoms with Crippen molar-refractivity contribution in [3.8, 4) is 0 Å². The van der Waals surface area contributed by atoms with E-state index in [1.54, 1.807) is 7.05 Å². The van der Waals surface area contributed by atoms with E-state index in [1.807, 2.05) is 17.0 Å². The monoisotopic (exact) mass is 468 g/mol. The summed E-state index contributed by atoms with van der Waals surface area (Å²) in [6.07, 6.45) is 3.02. The van der Waals surface area contributed by atoms with Crippen LogP contribution >= 0.6 is 0 Å². The molecule has 1 heterocycles. The largest absolute Gasteiger partial charge is 0.417 e. The molecule has 0 saturated carbocycles. The smallest absolute Gasteiger partial charge is 0.242 e. The summed E-state index contributed by atoms with van der Waals surface area (Å²) in [6, 6.07) is 14.0. The third-order valence-electron chi connectivity index (χ3n) is 7.49. The number of benzene rings is 2. The Morgan fingerprint density at radius 1 is 1.18 bits per heavy atom. The van der Waals surface area contributed by atoms with Crippen molar-refractivity contribution >= 4 is 30.9 Å². The van der Waals surface area contributed by atoms with Gasteiger partial charge in [0.1, 0.15) is 6.04 Å². The molecule has 0 radical (unpaired) electrons. The predicted octanol–water partition coefficient (Wildman–Crippen LogP) is 5.15. The van der Waals surface area contributed by atoms with E-state index in [-0.39, 0.29) is 22.8 Å². The Hall–Kier alpha value is -2.18. The average Bonchev–Trinajstić information content (AvgIpc) is 2.77. The molecule has 0 bridgehead atoms. The summed E-state index contributed by atoms with van der Waals surface area (Å²) < 4.78 is 6.33. The second-order valence-electron chi connectivity index (χ2n) is 10.8. The van der Waals surface area contributed by atoms with Crippen LogP contribution in [-0.4, -0.2) is 51.3 Å². The van der Waals surface area contributed by atoms with Crippen LogP contribution in [0.1, 0.15) is 45.6 Å². The fraction of sp³-hybridized carbons (Fsp3) is 0.556. The molecule has 33 heavy (non-hydrogen) atoms. The van der Waals surface area contributed by atoms with E-state index in [0.29, 0.717) is 19.6 Å². The Morgan fingerprint density at radius 3 is 2.55 bits per heavy atom. The molecule has 5 nitrogen and oxygen atoms in total. The lowest BCUT2D eigenvalue weighted by atomic mass is 9.91. The van der Waals surface area contributed by atoms with Crippen LogP contribution in [0.15, 0.2) is 42.5 Å². The van der Waals surface area contributed by atoms with E-state index in [1.165, 1.54) is 5.39 Å². The molecule has 2 atom stereocenters. The van der Waals surface area contributed by atoms with Gasteiger partial charge in [0, 0.05) is 32.5 Å². The van der Waals surface area contributed by atoms with Crippen LogP contribution in [0.25, 0.3) is 10.8 Å². The molecule has 180 valence electrons. The van der Waals surface area contributed by atoms with Gasteiger partial charge in [0.05, 0.1) is 0 Å². The molecule has 2 amide bonds. The minimum absolute atomic E-state index is 0.0766. The van der Waals surface area contributed by atoms with Gasteiger partial charge >= 0.3 is 0 Å². The molecule has 2 aromatic carbocycles. The van der Waals surface area contributed by atoms with Crippen molar-refractivity contribution in [1.82, 2.24) is 10.2 Å². The minimum atomic E-state index is -1.84. The molecule has 1 N–H and O–H groups in total. The Labute approximate surface area is 200 Å². The molecule has 0 aliphatic carbocycles. The van der Waals surface area contributed by atoms with E-state index in [9.17, 15) is 9.59 Å². The lowest BCUT2D eigenvalue weighted by molar-refractivity contribution is -0.146. The molecular weight excluding hydrogens is 428 g/mol. The summed E-state index contributed by atoms with van der Waals surface area (Å²) in [6.45, 7) is 12.4. The second-order valence-corrected chi connectivity index (χ2v) is 15.6. The van der Waals surface area contributed by atoms with Gasteiger partial charge in [-0.25, -0.2) is 0 Å². The first-order chi connectivity index (χ1) is 15.5. The molecule has 2 aromatic rings. The van der Waals surface area contributed by atoms with Gasteiger partial charge in [0.15, 0.2) is 8.32 Å². The summed E-state index contributed by atoms with van der Waals surface area (Å²) in [5.74, 6) is -0.0866. The number of hydrogen-bond acceptors (Lipinski definition) is 3. The third kappa shape index (κ3) is 6.04. The van der Waals surface area contributed by atoms with Crippen molar-refractivity contribution in [3.63, 3.8) is 0 Å². The summed E-state index contributed by atoms with van der Waals surface area (Å²) in [5.41, 5.74) is 1.07. The van der Waals surface area contributed by atoms with E-state index >= 15 is 0 Å². The first kappa shape index (κ1) is 25.4. The molecular formula is C27H40N2O3Si. The van der Waals surface area contributed by atoms with Crippen molar-refractivity contribution < 1.29 is 14.0 Å². The number of likely N-dealkylation sites (N-methyl/N-ethyl adjacent to an activating group) is 1. The lowest BCUT2D eigenvalue weighted by Gasteiger charge is -2.39. The predicted molar refractivity (Wildman–Crippen MR) is 138 cm³/mol. The number of carbonyl (C=O) groups is 2. The van der Waals surface area contributed by atoms with Crippen molar-refractivity contribution in [2.45, 2.75) is 70.6 Å². The number of nitrogens with zero attached hydrogens (tertiary/aromatic N) is 1. The fourth-order valence-corrected chi connectivity index (χ4v) is 5.39. The van der Waals surface area contributed by atoms with Crippen LogP contribution in [0.4, 0.5) is 0 Å². The normalized spacial score (nSPS) is 18.4. The number of fused-ring (bicyclic) bond motifs is 1. The van der Waals surface area contributed by atoms with E-state index in [0.717, 1.165) is 30.2 Å². The molecule has 1 aliphatic heterocycles. The number of rotatable bonds is 8. The molecule has 0 spiro atoms. The Kier molecular flexibility index (Phi) is 8.01. The highest BCUT2D eigenvalue weighted by atomic mass is 28.4. The van der Waals surface area contributed by atoms with Crippen LogP contribution in [0.3, 0.4) is 0 Å². The third-order valence-corrected chi connectivity index (χ3v) is 12.0. The molecule has 6 heteroatoms. The van der Waals surface area contributed by atoms with Crippen molar-refractivity contribution in [2.24, 2.45) is 5.92 Å². The first-order valence-electron chi connectivity index (χ1n) is 12.2. The van der Waals surface area contributed by atoms with Crippen molar-refractivity contribution in [3.05, 3.63) is 48.0 Å². The van der Waals surface area contributed by atoms with Crippen LogP contribution in [-0.2, 0) is 20.4 Å². The number of hydrogen-bond donors (Lipinski definition) is 1. The summed E-state index contributed by atoms with van der Waals surface area (Å²) in [5, 5.41) is 5.26. The molecule has 3 rings (SSSR count). The van der Waals surface area contributed by atoms with E-state index in [4.69, 9.17) is 4.43 Å². The maximum Gasteiger partial charge on any atom is 0.242 e. The van der Waals surface area contributed by atoms with E-state index < -0.39 is 14.4 Å². The summed E-state index contributed by atoms with van der Waals surface area (Å²) in [4.78, 5) is 28.1. The van der Waals surface area contributed by atoms with Gasteiger partial charge < -0.3 is 14.6 Å². The van der Waals surface area contributed by atoms with Crippen LogP contribution in [0, 0.1) is 5.92 Å². The van der Waals surface area contributed by atoms with Crippen LogP contribution in [0.2, 0.25) is 18.1 Å². The highest BCUT2D eigenvalue weighted by molar-refractivity contribution is 6.74. The summed E-state index contributed by atoms with van der Waals surface area (Å²) in [7, 11) is -0.189. The second kappa shape index (κ2) is 10.4. The van der Waals surface area contributed by atoms with Gasteiger partial charge in [-0.1, -0.05) is 63.2 Å². The summed E-state index contributed by atoms with van der Waals surface area (Å²) >= 11 is 0. The molecule has 1 saturated heterocycles. The SMILES string of the molecule is CNC(=O)C(Cc1ccc2ccccc2c1)N1CCCC(CCO[Si](C)(C)C(C)(C)C)C1=O. The zero-order chi connectivity index (χ0) is 24.2. The number of amides is 2. The van der Waals surface area contributed by atoms with Gasteiger partial charge in [-0.15, -0.1) is 0 Å². The molecule has 0 aromatic heterocycles. The van der Waals surface area contributed by atoms with Crippen LogP contribution < -0.4 is 5.32 Å². The van der Waals surface area contributed by atoms with Gasteiger partial charge in [-0.05, 0) is 53.7 Å². The van der Waals surface area contributed by atoms with Gasteiger partial charge in [-0.3, -0.25) is 9.59 Å².